The van der Waals surface area contributed by atoms with Gasteiger partial charge in [-0.05, 0) is 44.3 Å². The maximum absolute atomic E-state index is 12.9. The highest BCUT2D eigenvalue weighted by molar-refractivity contribution is 8.00. The zero-order valence-electron chi connectivity index (χ0n) is 13.1. The monoisotopic (exact) mass is 310 g/mol. The number of hydrogen-bond donors (Lipinski definition) is 1. The minimum absolute atomic E-state index is 0.0586. The van der Waals surface area contributed by atoms with Crippen LogP contribution in [0.15, 0.2) is 0 Å². The first-order valence-corrected chi connectivity index (χ1v) is 9.49. The lowest BCUT2D eigenvalue weighted by Gasteiger charge is -2.43. The summed E-state index contributed by atoms with van der Waals surface area (Å²) in [6, 6.07) is -0.516. The molecule has 2 atom stereocenters. The summed E-state index contributed by atoms with van der Waals surface area (Å²) in [5.41, 5.74) is 0. The van der Waals surface area contributed by atoms with Crippen LogP contribution in [-0.4, -0.2) is 46.3 Å². The summed E-state index contributed by atoms with van der Waals surface area (Å²) in [6.45, 7) is 2.75. The van der Waals surface area contributed by atoms with Gasteiger partial charge < -0.3 is 10.2 Å². The number of thioether (sulfide) groups is 1. The Kier molecular flexibility index (Phi) is 4.21. The van der Waals surface area contributed by atoms with Crippen LogP contribution in [0.3, 0.4) is 0 Å². The van der Waals surface area contributed by atoms with E-state index in [9.17, 15) is 9.59 Å². The van der Waals surface area contributed by atoms with Crippen LogP contribution in [0.5, 0.6) is 0 Å². The fourth-order valence-corrected chi connectivity index (χ4v) is 4.85. The van der Waals surface area contributed by atoms with Crippen molar-refractivity contribution in [3.8, 4) is 0 Å². The highest BCUT2D eigenvalue weighted by Gasteiger charge is 2.48. The van der Waals surface area contributed by atoms with E-state index in [0.29, 0.717) is 12.3 Å². The van der Waals surface area contributed by atoms with Crippen molar-refractivity contribution in [2.24, 2.45) is 5.92 Å². The third kappa shape index (κ3) is 2.81. The molecule has 1 saturated heterocycles. The van der Waals surface area contributed by atoms with Crippen molar-refractivity contribution in [2.45, 2.75) is 68.7 Å². The molecule has 3 aliphatic rings. The molecule has 3 rings (SSSR count). The predicted molar refractivity (Wildman–Crippen MR) is 85.2 cm³/mol. The second kappa shape index (κ2) is 5.82. The van der Waals surface area contributed by atoms with Crippen molar-refractivity contribution in [3.63, 3.8) is 0 Å². The Morgan fingerprint density at radius 2 is 1.95 bits per heavy atom. The van der Waals surface area contributed by atoms with Gasteiger partial charge in [0.2, 0.25) is 11.8 Å². The van der Waals surface area contributed by atoms with E-state index in [-0.39, 0.29) is 28.6 Å². The average molecular weight is 310 g/mol. The Morgan fingerprint density at radius 3 is 2.48 bits per heavy atom. The van der Waals surface area contributed by atoms with E-state index in [1.807, 2.05) is 23.6 Å². The van der Waals surface area contributed by atoms with Gasteiger partial charge in [-0.2, -0.15) is 11.8 Å². The Labute approximate surface area is 131 Å². The summed E-state index contributed by atoms with van der Waals surface area (Å²) in [5.74, 6) is 0.614. The van der Waals surface area contributed by atoms with Crippen LogP contribution in [0.25, 0.3) is 0 Å². The van der Waals surface area contributed by atoms with Crippen LogP contribution in [0.2, 0.25) is 0 Å². The molecule has 118 valence electrons. The van der Waals surface area contributed by atoms with Gasteiger partial charge in [-0.15, -0.1) is 0 Å². The minimum atomic E-state index is -0.267. The smallest absolute Gasteiger partial charge is 0.246 e. The summed E-state index contributed by atoms with van der Waals surface area (Å²) in [6.07, 6.45) is 9.85. The first-order valence-electron chi connectivity index (χ1n) is 8.26. The van der Waals surface area contributed by atoms with E-state index in [1.165, 1.54) is 25.7 Å². The quantitative estimate of drug-likeness (QED) is 0.847. The summed E-state index contributed by atoms with van der Waals surface area (Å²) in [7, 11) is 0. The highest BCUT2D eigenvalue weighted by Crippen LogP contribution is 2.42. The van der Waals surface area contributed by atoms with Crippen LogP contribution in [-0.2, 0) is 9.59 Å². The molecule has 0 radical (unpaired) electrons. The van der Waals surface area contributed by atoms with Crippen molar-refractivity contribution in [3.05, 3.63) is 0 Å². The van der Waals surface area contributed by atoms with Crippen molar-refractivity contribution >= 4 is 23.6 Å². The maximum Gasteiger partial charge on any atom is 0.246 e. The first kappa shape index (κ1) is 15.2. The van der Waals surface area contributed by atoms with Gasteiger partial charge in [-0.3, -0.25) is 9.59 Å². The lowest BCUT2D eigenvalue weighted by atomic mass is 9.98. The normalized spacial score (nSPS) is 32.4. The Balaban J connectivity index is 1.80. The van der Waals surface area contributed by atoms with Gasteiger partial charge >= 0.3 is 0 Å². The molecule has 2 amide bonds. The summed E-state index contributed by atoms with van der Waals surface area (Å²) >= 11 is 1.89. The number of hydrogen-bond acceptors (Lipinski definition) is 3. The second-order valence-electron chi connectivity index (χ2n) is 6.81. The number of carbonyl (C=O) groups excluding carboxylic acids is 2. The van der Waals surface area contributed by atoms with Crippen LogP contribution in [0.4, 0.5) is 0 Å². The predicted octanol–water partition coefficient (Wildman–Crippen LogP) is 2.18. The molecule has 0 aromatic rings. The lowest BCUT2D eigenvalue weighted by molar-refractivity contribution is -0.150. The van der Waals surface area contributed by atoms with Crippen molar-refractivity contribution in [1.29, 1.82) is 0 Å². The molecule has 0 bridgehead atoms. The number of rotatable bonds is 5. The Bertz CT molecular complexity index is 430. The largest absolute Gasteiger partial charge is 0.342 e. The third-order valence-electron chi connectivity index (χ3n) is 5.41. The van der Waals surface area contributed by atoms with E-state index >= 15 is 0 Å². The zero-order chi connectivity index (χ0) is 15.0. The minimum Gasteiger partial charge on any atom is -0.342 e. The van der Waals surface area contributed by atoms with E-state index in [4.69, 9.17) is 0 Å². The van der Waals surface area contributed by atoms with E-state index in [2.05, 4.69) is 11.6 Å². The number of nitrogens with zero attached hydrogens (tertiary/aromatic N) is 1. The second-order valence-corrected chi connectivity index (χ2v) is 8.08. The van der Waals surface area contributed by atoms with E-state index < -0.39 is 0 Å². The van der Waals surface area contributed by atoms with E-state index in [1.54, 1.807) is 0 Å². The molecule has 0 aromatic carbocycles. The Hall–Kier alpha value is -0.710. The van der Waals surface area contributed by atoms with Gasteiger partial charge in [0.05, 0.1) is 0 Å². The van der Waals surface area contributed by atoms with Crippen molar-refractivity contribution in [1.82, 2.24) is 10.2 Å². The van der Waals surface area contributed by atoms with Gasteiger partial charge in [0.1, 0.15) is 12.1 Å². The maximum atomic E-state index is 12.9. The lowest BCUT2D eigenvalue weighted by Crippen LogP contribution is -2.65. The molecule has 3 fully saturated rings. The van der Waals surface area contributed by atoms with Gasteiger partial charge in [-0.25, -0.2) is 0 Å². The third-order valence-corrected chi connectivity index (χ3v) is 6.82. The molecule has 5 heteroatoms. The molecule has 1 N–H and O–H groups in total. The molecule has 2 aliphatic carbocycles. The Morgan fingerprint density at radius 1 is 1.29 bits per heavy atom. The van der Waals surface area contributed by atoms with Crippen molar-refractivity contribution < 1.29 is 9.59 Å². The molecule has 1 heterocycles. The molecule has 1 aliphatic heterocycles. The van der Waals surface area contributed by atoms with Crippen molar-refractivity contribution in [2.75, 3.05) is 12.8 Å². The molecular formula is C16H26N2O2S. The first-order chi connectivity index (χ1) is 10.1. The number of nitrogens with one attached hydrogen (secondary N) is 1. The number of carbonyl (C=O) groups is 2. The van der Waals surface area contributed by atoms with Gasteiger partial charge in [0, 0.05) is 11.3 Å². The van der Waals surface area contributed by atoms with E-state index in [0.717, 1.165) is 19.4 Å². The van der Waals surface area contributed by atoms with Gasteiger partial charge in [0.15, 0.2) is 0 Å². The number of piperazine rings is 1. The summed E-state index contributed by atoms with van der Waals surface area (Å²) < 4.78 is 0.175. The van der Waals surface area contributed by atoms with Crippen LogP contribution < -0.4 is 5.32 Å². The molecule has 21 heavy (non-hydrogen) atoms. The molecule has 0 spiro atoms. The average Bonchev–Trinajstić information content (AvgIpc) is 3.22. The zero-order valence-corrected chi connectivity index (χ0v) is 13.9. The fraction of sp³-hybridized carbons (Fsp3) is 0.875. The molecule has 2 saturated carbocycles. The van der Waals surface area contributed by atoms with Gasteiger partial charge in [-0.1, -0.05) is 19.8 Å². The molecule has 0 aromatic heterocycles. The van der Waals surface area contributed by atoms with Crippen LogP contribution >= 0.6 is 11.8 Å². The number of amides is 2. The SMILES string of the molecule is CCC1C(=O)NC(C2CC2)C(=O)N1CC1(SC)CCCC1. The summed E-state index contributed by atoms with van der Waals surface area (Å²) in [4.78, 5) is 27.2. The van der Waals surface area contributed by atoms with Crippen LogP contribution in [0.1, 0.15) is 51.9 Å². The molecule has 4 nitrogen and oxygen atoms in total. The van der Waals surface area contributed by atoms with Gasteiger partial charge in [0.25, 0.3) is 0 Å². The molecule has 2 unspecified atom stereocenters. The summed E-state index contributed by atoms with van der Waals surface area (Å²) in [5, 5.41) is 2.98. The fourth-order valence-electron chi connectivity index (χ4n) is 3.88. The molecular weight excluding hydrogens is 284 g/mol. The van der Waals surface area contributed by atoms with Crippen LogP contribution in [0, 0.1) is 5.92 Å². The standard InChI is InChI=1S/C16H26N2O2S/c1-3-12-14(19)17-13(11-6-7-11)15(20)18(12)10-16(21-2)8-4-5-9-16/h11-13H,3-10H2,1-2H3,(H,17,19). The highest BCUT2D eigenvalue weighted by atomic mass is 32.2. The topological polar surface area (TPSA) is 49.4 Å².